The van der Waals surface area contributed by atoms with Gasteiger partial charge in [-0.15, -0.1) is 0 Å². The molecule has 0 radical (unpaired) electrons. The van der Waals surface area contributed by atoms with Gasteiger partial charge in [0.25, 0.3) is 0 Å². The molecule has 0 bridgehead atoms. The van der Waals surface area contributed by atoms with Gasteiger partial charge in [0.2, 0.25) is 11.9 Å². The van der Waals surface area contributed by atoms with Crippen LogP contribution in [0.25, 0.3) is 22.3 Å². The van der Waals surface area contributed by atoms with Crippen LogP contribution in [-0.2, 0) is 0 Å². The SMILES string of the molecule is CC(C)c1c(F)c(C#N)cc(-c2ccnc(F)c2)c1Br.CC(C)c1c(N)c(-c2ccnc(F)c2)cc(C#N)c1F. The van der Waals surface area contributed by atoms with Gasteiger partial charge < -0.3 is 5.73 Å². The van der Waals surface area contributed by atoms with Crippen molar-refractivity contribution in [3.8, 4) is 34.4 Å². The molecule has 4 rings (SSSR count). The lowest BCUT2D eigenvalue weighted by Crippen LogP contribution is -2.05. The van der Waals surface area contributed by atoms with E-state index < -0.39 is 23.5 Å². The third-order valence-corrected chi connectivity index (χ3v) is 6.90. The number of hydrogen-bond acceptors (Lipinski definition) is 5. The minimum atomic E-state index is -0.657. The predicted octanol–water partition coefficient (Wildman–Crippen LogP) is 8.39. The van der Waals surface area contributed by atoms with Gasteiger partial charge in [-0.25, -0.2) is 18.7 Å². The van der Waals surface area contributed by atoms with E-state index in [2.05, 4.69) is 25.9 Å². The molecule has 0 atom stereocenters. The molecular formula is C30H24BrF4N5. The molecule has 4 aromatic rings. The van der Waals surface area contributed by atoms with Crippen LogP contribution in [0.5, 0.6) is 0 Å². The maximum Gasteiger partial charge on any atom is 0.213 e. The second-order valence-electron chi connectivity index (χ2n) is 9.39. The van der Waals surface area contributed by atoms with Gasteiger partial charge in [0.05, 0.1) is 11.1 Å². The average molecular weight is 610 g/mol. The Bertz CT molecular complexity index is 1530. The maximum atomic E-state index is 14.2. The zero-order valence-electron chi connectivity index (χ0n) is 22.0. The summed E-state index contributed by atoms with van der Waals surface area (Å²) in [5, 5.41) is 18.1. The van der Waals surface area contributed by atoms with E-state index >= 15 is 0 Å². The van der Waals surface area contributed by atoms with Gasteiger partial charge in [-0.2, -0.15) is 19.3 Å². The molecule has 0 aliphatic rings. The van der Waals surface area contributed by atoms with E-state index in [4.69, 9.17) is 16.3 Å². The average Bonchev–Trinajstić information content (AvgIpc) is 2.89. The van der Waals surface area contributed by atoms with Crippen molar-refractivity contribution in [3.05, 3.63) is 99.0 Å². The van der Waals surface area contributed by atoms with Crippen molar-refractivity contribution in [2.45, 2.75) is 39.5 Å². The Morgan fingerprint density at radius 3 is 1.57 bits per heavy atom. The zero-order chi connectivity index (χ0) is 29.7. The highest BCUT2D eigenvalue weighted by atomic mass is 79.9. The van der Waals surface area contributed by atoms with E-state index in [1.165, 1.54) is 36.7 Å². The first-order valence-corrected chi connectivity index (χ1v) is 12.9. The first kappa shape index (κ1) is 30.3. The molecule has 0 unspecified atom stereocenters. The highest BCUT2D eigenvalue weighted by Gasteiger charge is 2.21. The summed E-state index contributed by atoms with van der Waals surface area (Å²) in [5.74, 6) is -2.72. The molecule has 0 saturated heterocycles. The molecule has 204 valence electrons. The number of anilines is 1. The van der Waals surface area contributed by atoms with Gasteiger partial charge in [0.15, 0.2) is 0 Å². The van der Waals surface area contributed by atoms with E-state index in [-0.39, 0.29) is 34.2 Å². The van der Waals surface area contributed by atoms with Crippen LogP contribution < -0.4 is 5.73 Å². The minimum absolute atomic E-state index is 0.0517. The second-order valence-corrected chi connectivity index (χ2v) is 10.2. The van der Waals surface area contributed by atoms with Gasteiger partial charge in [-0.3, -0.25) is 0 Å². The molecular weight excluding hydrogens is 586 g/mol. The van der Waals surface area contributed by atoms with Crippen molar-refractivity contribution in [1.29, 1.82) is 10.5 Å². The third kappa shape index (κ3) is 6.30. The Labute approximate surface area is 238 Å². The van der Waals surface area contributed by atoms with Crippen molar-refractivity contribution < 1.29 is 17.6 Å². The number of nitriles is 2. The van der Waals surface area contributed by atoms with Gasteiger partial charge in [0, 0.05) is 51.4 Å². The quantitative estimate of drug-likeness (QED) is 0.142. The molecule has 40 heavy (non-hydrogen) atoms. The van der Waals surface area contributed by atoms with Crippen LogP contribution in [0.2, 0.25) is 0 Å². The summed E-state index contributed by atoms with van der Waals surface area (Å²) in [6, 6.07) is 12.0. The topological polar surface area (TPSA) is 99.4 Å². The van der Waals surface area contributed by atoms with Crippen molar-refractivity contribution in [2.75, 3.05) is 5.73 Å². The lowest BCUT2D eigenvalue weighted by molar-refractivity contribution is 0.583. The molecule has 0 aliphatic carbocycles. The van der Waals surface area contributed by atoms with E-state index in [0.29, 0.717) is 32.3 Å². The van der Waals surface area contributed by atoms with Crippen molar-refractivity contribution in [2.24, 2.45) is 0 Å². The number of benzene rings is 2. The van der Waals surface area contributed by atoms with Crippen molar-refractivity contribution >= 4 is 21.6 Å². The lowest BCUT2D eigenvalue weighted by atomic mass is 9.92. The first-order chi connectivity index (χ1) is 18.9. The fourth-order valence-corrected chi connectivity index (χ4v) is 5.15. The van der Waals surface area contributed by atoms with Crippen LogP contribution in [0.15, 0.2) is 53.3 Å². The third-order valence-electron chi connectivity index (χ3n) is 6.05. The summed E-state index contributed by atoms with van der Waals surface area (Å²) in [6.07, 6.45) is 2.64. The number of rotatable bonds is 4. The number of halogens is 5. The summed E-state index contributed by atoms with van der Waals surface area (Å²) < 4.78 is 55.4. The standard InChI is InChI=1S/C15H11BrF2N2.C15H13F2N3/c1-8(2)13-14(16)11(5-10(7-19)15(13)18)9-3-4-20-12(17)6-9;1-8(2)13-14(17)10(7-18)5-11(15(13)19)9-3-4-20-12(16)6-9/h3-6,8H,1-2H3;3-6,8H,19H2,1-2H3. The normalized spacial score (nSPS) is 10.6. The van der Waals surface area contributed by atoms with E-state index in [0.717, 1.165) is 0 Å². The molecule has 2 aromatic carbocycles. The molecule has 0 aliphatic heterocycles. The van der Waals surface area contributed by atoms with E-state index in [1.807, 2.05) is 19.9 Å². The minimum Gasteiger partial charge on any atom is -0.398 e. The monoisotopic (exact) mass is 609 g/mol. The van der Waals surface area contributed by atoms with Crippen molar-refractivity contribution in [1.82, 2.24) is 9.97 Å². The van der Waals surface area contributed by atoms with E-state index in [9.17, 15) is 17.6 Å². The molecule has 0 spiro atoms. The van der Waals surface area contributed by atoms with Crippen LogP contribution in [0.3, 0.4) is 0 Å². The van der Waals surface area contributed by atoms with Crippen molar-refractivity contribution in [3.63, 3.8) is 0 Å². The van der Waals surface area contributed by atoms with Crippen LogP contribution in [-0.4, -0.2) is 9.97 Å². The fourth-order valence-electron chi connectivity index (χ4n) is 4.17. The van der Waals surface area contributed by atoms with E-state index in [1.54, 1.807) is 32.0 Å². The molecule has 0 saturated carbocycles. The number of nitrogens with zero attached hydrogens (tertiary/aromatic N) is 4. The first-order valence-electron chi connectivity index (χ1n) is 12.1. The molecule has 2 aromatic heterocycles. The highest BCUT2D eigenvalue weighted by molar-refractivity contribution is 9.10. The molecule has 2 N–H and O–H groups in total. The maximum absolute atomic E-state index is 14.2. The molecule has 0 fully saturated rings. The van der Waals surface area contributed by atoms with Gasteiger partial charge in [0.1, 0.15) is 23.8 Å². The Hall–Kier alpha value is -4.28. The van der Waals surface area contributed by atoms with Gasteiger partial charge in [-0.05, 0) is 68.7 Å². The fraction of sp³-hybridized carbons (Fsp3) is 0.200. The number of nitrogen functional groups attached to an aromatic ring is 1. The Morgan fingerprint density at radius 2 is 1.15 bits per heavy atom. The van der Waals surface area contributed by atoms with Crippen LogP contribution in [0.1, 0.15) is 61.8 Å². The summed E-state index contributed by atoms with van der Waals surface area (Å²) in [7, 11) is 0. The zero-order valence-corrected chi connectivity index (χ0v) is 23.6. The Balaban J connectivity index is 0.000000220. The number of aromatic nitrogens is 2. The smallest absolute Gasteiger partial charge is 0.213 e. The Morgan fingerprint density at radius 1 is 0.725 bits per heavy atom. The summed E-state index contributed by atoms with van der Waals surface area (Å²) in [6.45, 7) is 7.24. The summed E-state index contributed by atoms with van der Waals surface area (Å²) in [5.41, 5.74) is 8.78. The lowest BCUT2D eigenvalue weighted by Gasteiger charge is -2.16. The summed E-state index contributed by atoms with van der Waals surface area (Å²) in [4.78, 5) is 6.96. The number of pyridine rings is 2. The molecule has 0 amide bonds. The van der Waals surface area contributed by atoms with Gasteiger partial charge >= 0.3 is 0 Å². The molecule has 10 heteroatoms. The van der Waals surface area contributed by atoms with Crippen LogP contribution in [0.4, 0.5) is 23.2 Å². The van der Waals surface area contributed by atoms with Crippen LogP contribution in [0, 0.1) is 46.2 Å². The highest BCUT2D eigenvalue weighted by Crippen LogP contribution is 2.38. The van der Waals surface area contributed by atoms with Gasteiger partial charge in [-0.1, -0.05) is 27.7 Å². The number of nitrogens with two attached hydrogens (primary N) is 1. The molecule has 5 nitrogen and oxygen atoms in total. The molecule has 2 heterocycles. The van der Waals surface area contributed by atoms with Crippen LogP contribution >= 0.6 is 15.9 Å². The predicted molar refractivity (Wildman–Crippen MR) is 149 cm³/mol. The second kappa shape index (κ2) is 12.7. The number of hydrogen-bond donors (Lipinski definition) is 1. The largest absolute Gasteiger partial charge is 0.398 e. The Kier molecular flexibility index (Phi) is 9.62. The summed E-state index contributed by atoms with van der Waals surface area (Å²) >= 11 is 3.37.